The average Bonchev–Trinajstić information content (AvgIpc) is 2.50. The number of hydrogen-bond donors (Lipinski definition) is 1. The van der Waals surface area contributed by atoms with Gasteiger partial charge in [-0.3, -0.25) is 4.90 Å². The van der Waals surface area contributed by atoms with Gasteiger partial charge in [0.15, 0.2) is 11.5 Å². The Bertz CT molecular complexity index is 499. The van der Waals surface area contributed by atoms with E-state index in [2.05, 4.69) is 9.64 Å². The van der Waals surface area contributed by atoms with E-state index in [1.165, 1.54) is 6.07 Å². The maximum absolute atomic E-state index is 12.4. The van der Waals surface area contributed by atoms with Crippen LogP contribution < -0.4 is 9.47 Å². The normalized spacial score (nSPS) is 21.7. The van der Waals surface area contributed by atoms with E-state index in [9.17, 15) is 13.9 Å². The van der Waals surface area contributed by atoms with Gasteiger partial charge in [-0.15, -0.1) is 0 Å². The lowest BCUT2D eigenvalue weighted by Crippen LogP contribution is -2.42. The third kappa shape index (κ3) is 5.04. The minimum Gasteiger partial charge on any atom is -0.490 e. The average molecular weight is 329 g/mol. The number of likely N-dealkylation sites (N-methyl/N-ethyl adjacent to an activating group) is 1. The second-order valence-electron chi connectivity index (χ2n) is 5.93. The van der Waals surface area contributed by atoms with E-state index in [0.717, 1.165) is 31.2 Å². The van der Waals surface area contributed by atoms with Gasteiger partial charge in [0, 0.05) is 12.6 Å². The lowest BCUT2D eigenvalue weighted by atomic mass is 9.91. The van der Waals surface area contributed by atoms with Crippen molar-refractivity contribution < 1.29 is 23.4 Å². The molecule has 2 atom stereocenters. The maximum atomic E-state index is 12.4. The second kappa shape index (κ2) is 8.45. The van der Waals surface area contributed by atoms with Crippen molar-refractivity contribution in [2.24, 2.45) is 0 Å². The summed E-state index contributed by atoms with van der Waals surface area (Å²) in [4.78, 5) is 2.11. The third-order valence-corrected chi connectivity index (χ3v) is 4.22. The van der Waals surface area contributed by atoms with E-state index in [-0.39, 0.29) is 17.9 Å². The van der Waals surface area contributed by atoms with Crippen LogP contribution in [0.5, 0.6) is 11.5 Å². The molecule has 0 saturated heterocycles. The summed E-state index contributed by atoms with van der Waals surface area (Å²) in [5.41, 5.74) is 0.940. The van der Waals surface area contributed by atoms with E-state index in [1.807, 2.05) is 7.05 Å². The van der Waals surface area contributed by atoms with Gasteiger partial charge in [0.2, 0.25) is 0 Å². The first-order valence-corrected chi connectivity index (χ1v) is 8.10. The van der Waals surface area contributed by atoms with Crippen molar-refractivity contribution >= 4 is 0 Å². The van der Waals surface area contributed by atoms with Gasteiger partial charge in [0.25, 0.3) is 0 Å². The Kier molecular flexibility index (Phi) is 6.59. The number of aliphatic hydroxyl groups excluding tert-OH is 1. The Morgan fingerprint density at radius 1 is 1.26 bits per heavy atom. The summed E-state index contributed by atoms with van der Waals surface area (Å²) in [6, 6.07) is 5.13. The van der Waals surface area contributed by atoms with E-state index in [4.69, 9.17) is 4.74 Å². The number of benzene rings is 1. The highest BCUT2D eigenvalue weighted by Gasteiger charge is 2.26. The topological polar surface area (TPSA) is 41.9 Å². The van der Waals surface area contributed by atoms with Crippen LogP contribution in [-0.2, 0) is 6.54 Å². The number of alkyl halides is 2. The van der Waals surface area contributed by atoms with Crippen molar-refractivity contribution in [3.05, 3.63) is 23.8 Å². The van der Waals surface area contributed by atoms with E-state index in [1.54, 1.807) is 19.1 Å². The van der Waals surface area contributed by atoms with Crippen LogP contribution in [-0.4, -0.2) is 42.4 Å². The molecular formula is C17H25F2NO3. The summed E-state index contributed by atoms with van der Waals surface area (Å²) >= 11 is 0. The number of hydrogen-bond acceptors (Lipinski definition) is 4. The molecule has 1 N–H and O–H groups in total. The molecule has 1 saturated carbocycles. The lowest BCUT2D eigenvalue weighted by Gasteiger charge is -2.35. The van der Waals surface area contributed by atoms with Crippen molar-refractivity contribution in [2.75, 3.05) is 13.7 Å². The van der Waals surface area contributed by atoms with Crippen molar-refractivity contribution in [3.63, 3.8) is 0 Å². The molecule has 4 nitrogen and oxygen atoms in total. The van der Waals surface area contributed by atoms with Crippen molar-refractivity contribution in [1.29, 1.82) is 0 Å². The fourth-order valence-corrected chi connectivity index (χ4v) is 3.12. The van der Waals surface area contributed by atoms with Gasteiger partial charge in [-0.2, -0.15) is 8.78 Å². The van der Waals surface area contributed by atoms with Gasteiger partial charge in [0.05, 0.1) is 12.7 Å². The molecule has 0 aliphatic heterocycles. The van der Waals surface area contributed by atoms with Gasteiger partial charge in [0.1, 0.15) is 0 Å². The molecule has 1 aromatic rings. The SMILES string of the molecule is CCOc1cc(CN(C)C2CCCCC2O)ccc1OC(F)F. The molecule has 130 valence electrons. The number of nitrogens with zero attached hydrogens (tertiary/aromatic N) is 1. The summed E-state index contributed by atoms with van der Waals surface area (Å²) in [6.45, 7) is -0.0829. The van der Waals surface area contributed by atoms with Gasteiger partial charge in [-0.25, -0.2) is 0 Å². The summed E-state index contributed by atoms with van der Waals surface area (Å²) < 4.78 is 34.7. The molecule has 0 spiro atoms. The molecule has 1 aliphatic rings. The van der Waals surface area contributed by atoms with Crippen molar-refractivity contribution in [2.45, 2.75) is 57.9 Å². The quantitative estimate of drug-likeness (QED) is 0.832. The monoisotopic (exact) mass is 329 g/mol. The predicted molar refractivity (Wildman–Crippen MR) is 84.0 cm³/mol. The van der Waals surface area contributed by atoms with Gasteiger partial charge in [-0.05, 0) is 44.5 Å². The molecule has 0 heterocycles. The second-order valence-corrected chi connectivity index (χ2v) is 5.93. The zero-order valence-corrected chi connectivity index (χ0v) is 13.7. The number of ether oxygens (including phenoxy) is 2. The Balaban J connectivity index is 2.08. The number of halogens is 2. The minimum absolute atomic E-state index is 0.0472. The highest BCUT2D eigenvalue weighted by atomic mass is 19.3. The Labute approximate surface area is 136 Å². The van der Waals surface area contributed by atoms with E-state index < -0.39 is 6.61 Å². The van der Waals surface area contributed by atoms with Crippen LogP contribution in [0.3, 0.4) is 0 Å². The number of rotatable bonds is 7. The maximum Gasteiger partial charge on any atom is 0.387 e. The molecule has 2 rings (SSSR count). The third-order valence-electron chi connectivity index (χ3n) is 4.22. The van der Waals surface area contributed by atoms with Crippen LogP contribution in [0.15, 0.2) is 18.2 Å². The van der Waals surface area contributed by atoms with Crippen molar-refractivity contribution in [3.8, 4) is 11.5 Å². The fraction of sp³-hybridized carbons (Fsp3) is 0.647. The largest absolute Gasteiger partial charge is 0.490 e. The highest BCUT2D eigenvalue weighted by molar-refractivity contribution is 5.43. The predicted octanol–water partition coefficient (Wildman–Crippen LogP) is 3.42. The lowest BCUT2D eigenvalue weighted by molar-refractivity contribution is -0.0514. The van der Waals surface area contributed by atoms with Gasteiger partial charge in [-0.1, -0.05) is 18.9 Å². The summed E-state index contributed by atoms with van der Waals surface area (Å²) in [5.74, 6) is 0.369. The smallest absolute Gasteiger partial charge is 0.387 e. The first-order valence-electron chi connectivity index (χ1n) is 8.10. The molecule has 1 fully saturated rings. The zero-order valence-electron chi connectivity index (χ0n) is 13.7. The van der Waals surface area contributed by atoms with Crippen LogP contribution in [0.25, 0.3) is 0 Å². The molecular weight excluding hydrogens is 304 g/mol. The van der Waals surface area contributed by atoms with Crippen LogP contribution >= 0.6 is 0 Å². The van der Waals surface area contributed by atoms with Crippen molar-refractivity contribution in [1.82, 2.24) is 4.90 Å². The number of aliphatic hydroxyl groups is 1. The highest BCUT2D eigenvalue weighted by Crippen LogP contribution is 2.31. The van der Waals surface area contributed by atoms with Crippen LogP contribution in [0.4, 0.5) is 8.78 Å². The standard InChI is InChI=1S/C17H25F2NO3/c1-3-22-16-10-12(8-9-15(16)23-17(18)19)11-20(2)13-6-4-5-7-14(13)21/h8-10,13-14,17,21H,3-7,11H2,1-2H3. The molecule has 0 bridgehead atoms. The van der Waals surface area contributed by atoms with Crippen LogP contribution in [0, 0.1) is 0 Å². The Hall–Kier alpha value is -1.40. The molecule has 0 aromatic heterocycles. The summed E-state index contributed by atoms with van der Waals surface area (Å²) in [7, 11) is 1.98. The molecule has 0 radical (unpaired) electrons. The van der Waals surface area contributed by atoms with Gasteiger partial charge < -0.3 is 14.6 Å². The van der Waals surface area contributed by atoms with Gasteiger partial charge >= 0.3 is 6.61 Å². The molecule has 23 heavy (non-hydrogen) atoms. The van der Waals surface area contributed by atoms with Crippen LogP contribution in [0.1, 0.15) is 38.2 Å². The Morgan fingerprint density at radius 2 is 2.00 bits per heavy atom. The first-order chi connectivity index (χ1) is 11.0. The molecule has 6 heteroatoms. The zero-order chi connectivity index (χ0) is 16.8. The molecule has 2 unspecified atom stereocenters. The summed E-state index contributed by atoms with van der Waals surface area (Å²) in [5, 5.41) is 10.1. The molecule has 1 aromatic carbocycles. The first kappa shape index (κ1) is 17.9. The fourth-order valence-electron chi connectivity index (χ4n) is 3.12. The minimum atomic E-state index is -2.87. The van der Waals surface area contributed by atoms with E-state index >= 15 is 0 Å². The summed E-state index contributed by atoms with van der Waals surface area (Å²) in [6.07, 6.45) is 3.70. The van der Waals surface area contributed by atoms with Crippen LogP contribution in [0.2, 0.25) is 0 Å². The molecule has 1 aliphatic carbocycles. The van der Waals surface area contributed by atoms with E-state index in [0.29, 0.717) is 18.9 Å². The molecule has 0 amide bonds. The Morgan fingerprint density at radius 3 is 2.65 bits per heavy atom.